The number of phosphoric ester groups is 1. The molecule has 0 aromatic heterocycles. The van der Waals surface area contributed by atoms with Gasteiger partial charge in [0.25, 0.3) is 0 Å². The van der Waals surface area contributed by atoms with Crippen molar-refractivity contribution < 1.29 is 63.1 Å². The van der Waals surface area contributed by atoms with Crippen LogP contribution in [0.15, 0.2) is 24.3 Å². The van der Waals surface area contributed by atoms with E-state index in [4.69, 9.17) is 23.6 Å². The number of aliphatic hydroxyl groups excluding tert-OH is 5. The molecule has 1 unspecified atom stereocenters. The third-order valence-corrected chi connectivity index (χ3v) is 12.1. The van der Waals surface area contributed by atoms with E-state index in [0.717, 1.165) is 57.8 Å². The minimum Gasteiger partial charge on any atom is -0.462 e. The Labute approximate surface area is 382 Å². The fourth-order valence-electron chi connectivity index (χ4n) is 7.05. The summed E-state index contributed by atoms with van der Waals surface area (Å²) in [5.74, 6) is -1.05. The van der Waals surface area contributed by atoms with Crippen LogP contribution in [0, 0.1) is 0 Å². The van der Waals surface area contributed by atoms with Crippen LogP contribution in [0.25, 0.3) is 0 Å². The average molecular weight is 921 g/mol. The number of carbonyl (C=O) groups is 2. The first-order valence-corrected chi connectivity index (χ1v) is 26.6. The molecule has 0 aromatic carbocycles. The molecule has 6 N–H and O–H groups in total. The average Bonchev–Trinajstić information content (AvgIpc) is 3.27. The molecule has 0 fully saturated rings. The molecule has 13 nitrogen and oxygen atoms in total. The van der Waals surface area contributed by atoms with E-state index in [1.165, 1.54) is 122 Å². The highest BCUT2D eigenvalue weighted by Gasteiger charge is 2.33. The van der Waals surface area contributed by atoms with Crippen LogP contribution in [0.5, 0.6) is 0 Å². The van der Waals surface area contributed by atoms with Gasteiger partial charge >= 0.3 is 19.8 Å². The van der Waals surface area contributed by atoms with E-state index in [2.05, 4.69) is 38.2 Å². The summed E-state index contributed by atoms with van der Waals surface area (Å²) in [6.07, 6.45) is 35.3. The van der Waals surface area contributed by atoms with Crippen molar-refractivity contribution in [2.24, 2.45) is 0 Å². The molecule has 63 heavy (non-hydrogen) atoms. The number of allylic oxidation sites excluding steroid dienone is 4. The fourth-order valence-corrected chi connectivity index (χ4v) is 7.82. The van der Waals surface area contributed by atoms with Gasteiger partial charge in [-0.15, -0.1) is 0 Å². The summed E-state index contributed by atoms with van der Waals surface area (Å²) in [5.41, 5.74) is 0. The molecule has 372 valence electrons. The van der Waals surface area contributed by atoms with Crippen LogP contribution < -0.4 is 0 Å². The molecule has 0 aliphatic rings. The number of ether oxygens (including phenoxy) is 2. The number of esters is 2. The van der Waals surface area contributed by atoms with E-state index in [0.29, 0.717) is 12.8 Å². The summed E-state index contributed by atoms with van der Waals surface area (Å²) >= 11 is 0. The second-order valence-electron chi connectivity index (χ2n) is 17.2. The Hall–Kier alpha value is -1.67. The number of hydrogen-bond donors (Lipinski definition) is 6. The van der Waals surface area contributed by atoms with Gasteiger partial charge in [-0.2, -0.15) is 0 Å². The van der Waals surface area contributed by atoms with E-state index in [9.17, 15) is 39.5 Å². The molecule has 14 heteroatoms. The molecule has 6 atom stereocenters. The molecule has 0 aliphatic heterocycles. The lowest BCUT2D eigenvalue weighted by atomic mass is 10.0. The first-order valence-electron chi connectivity index (χ1n) is 25.1. The lowest BCUT2D eigenvalue weighted by molar-refractivity contribution is -0.161. The van der Waals surface area contributed by atoms with Crippen LogP contribution in [-0.4, -0.2) is 99.3 Å². The van der Waals surface area contributed by atoms with Crippen LogP contribution >= 0.6 is 7.82 Å². The standard InChI is InChI=1S/C49H93O13P/c1-3-5-7-9-11-13-15-17-19-21-23-25-27-29-31-33-35-37-46(53)59-40-43(41-60-63(57,58)61-42-45(52)49(56)48(55)44(51)39-50)62-47(54)38-36-34-32-30-28-26-24-22-20-18-16-14-12-10-8-6-4-2/h15-18,43-45,48-52,55-56H,3-14,19-42H2,1-2H3,(H,57,58)/t43-,44-,45-,48-,49-/m1/s1. The Morgan fingerprint density at radius 1 is 0.476 bits per heavy atom. The second-order valence-corrected chi connectivity index (χ2v) is 18.7. The summed E-state index contributed by atoms with van der Waals surface area (Å²) in [5, 5.41) is 48.2. The largest absolute Gasteiger partial charge is 0.472 e. The number of rotatable bonds is 47. The van der Waals surface area contributed by atoms with Crippen molar-refractivity contribution in [3.05, 3.63) is 24.3 Å². The zero-order valence-corrected chi connectivity index (χ0v) is 40.5. The number of aliphatic hydroxyl groups is 5. The Morgan fingerprint density at radius 2 is 0.825 bits per heavy atom. The topological polar surface area (TPSA) is 210 Å². The molecule has 0 aromatic rings. The van der Waals surface area contributed by atoms with Gasteiger partial charge in [-0.25, -0.2) is 4.57 Å². The van der Waals surface area contributed by atoms with Crippen molar-refractivity contribution in [3.8, 4) is 0 Å². The number of carbonyl (C=O) groups excluding carboxylic acids is 2. The Bertz CT molecular complexity index is 1150. The zero-order valence-electron chi connectivity index (χ0n) is 39.6. The zero-order chi connectivity index (χ0) is 46.7. The van der Waals surface area contributed by atoms with Crippen molar-refractivity contribution in [3.63, 3.8) is 0 Å². The lowest BCUT2D eigenvalue weighted by Crippen LogP contribution is -2.47. The Morgan fingerprint density at radius 3 is 1.24 bits per heavy atom. The molecular weight excluding hydrogens is 827 g/mol. The molecule has 0 spiro atoms. The SMILES string of the molecule is CCCCCCCC=CCCCCCCCCCCC(=O)OC[C@H](COP(=O)(O)OC[C@@H](O)[C@@H](O)[C@H](O)[C@H](O)CO)OC(=O)CCCCCCCCCCC=CCCCCCCC. The van der Waals surface area contributed by atoms with Gasteiger partial charge in [0.15, 0.2) is 6.10 Å². The fraction of sp³-hybridized carbons (Fsp3) is 0.878. The predicted molar refractivity (Wildman–Crippen MR) is 251 cm³/mol. The normalized spacial score (nSPS) is 15.4. The van der Waals surface area contributed by atoms with Crippen molar-refractivity contribution in [1.82, 2.24) is 0 Å². The van der Waals surface area contributed by atoms with Gasteiger partial charge in [0.1, 0.15) is 31.0 Å². The number of unbranched alkanes of at least 4 members (excludes halogenated alkanes) is 26. The van der Waals surface area contributed by atoms with Crippen molar-refractivity contribution in [2.75, 3.05) is 26.4 Å². The van der Waals surface area contributed by atoms with Gasteiger partial charge in [-0.1, -0.05) is 167 Å². The minimum atomic E-state index is -4.90. The summed E-state index contributed by atoms with van der Waals surface area (Å²) < 4.78 is 33.1. The van der Waals surface area contributed by atoms with Crippen LogP contribution in [0.4, 0.5) is 0 Å². The van der Waals surface area contributed by atoms with Crippen molar-refractivity contribution in [2.45, 2.75) is 250 Å². The van der Waals surface area contributed by atoms with Gasteiger partial charge in [0.2, 0.25) is 0 Å². The van der Waals surface area contributed by atoms with Crippen LogP contribution in [0.1, 0.15) is 219 Å². The van der Waals surface area contributed by atoms with E-state index in [-0.39, 0.29) is 12.8 Å². The van der Waals surface area contributed by atoms with Gasteiger partial charge in [0, 0.05) is 12.8 Å². The second kappa shape index (κ2) is 44.2. The molecule has 0 rings (SSSR count). The highest BCUT2D eigenvalue weighted by molar-refractivity contribution is 7.47. The highest BCUT2D eigenvalue weighted by Crippen LogP contribution is 2.43. The minimum absolute atomic E-state index is 0.116. The van der Waals surface area contributed by atoms with E-state index < -0.39 is 76.7 Å². The summed E-state index contributed by atoms with van der Waals surface area (Å²) in [7, 11) is -4.90. The number of hydrogen-bond acceptors (Lipinski definition) is 12. The molecular formula is C49H93O13P. The smallest absolute Gasteiger partial charge is 0.462 e. The molecule has 0 radical (unpaired) electrons. The van der Waals surface area contributed by atoms with Crippen LogP contribution in [0.2, 0.25) is 0 Å². The van der Waals surface area contributed by atoms with Gasteiger partial charge in [-0.05, 0) is 64.2 Å². The summed E-state index contributed by atoms with van der Waals surface area (Å²) in [4.78, 5) is 35.5. The third kappa shape index (κ3) is 40.3. The molecule has 0 aliphatic carbocycles. The van der Waals surface area contributed by atoms with Crippen LogP contribution in [0.3, 0.4) is 0 Å². The maximum atomic E-state index is 12.8. The van der Waals surface area contributed by atoms with Crippen molar-refractivity contribution in [1.29, 1.82) is 0 Å². The van der Waals surface area contributed by atoms with Gasteiger partial charge in [0.05, 0.1) is 19.8 Å². The summed E-state index contributed by atoms with van der Waals surface area (Å²) in [6, 6.07) is 0. The van der Waals surface area contributed by atoms with E-state index >= 15 is 0 Å². The maximum Gasteiger partial charge on any atom is 0.472 e. The maximum absolute atomic E-state index is 12.8. The van der Waals surface area contributed by atoms with Crippen LogP contribution in [-0.2, 0) is 32.7 Å². The molecule has 0 saturated heterocycles. The predicted octanol–water partition coefficient (Wildman–Crippen LogP) is 10.6. The summed E-state index contributed by atoms with van der Waals surface area (Å²) in [6.45, 7) is 1.54. The van der Waals surface area contributed by atoms with E-state index in [1.807, 2.05) is 0 Å². The monoisotopic (exact) mass is 921 g/mol. The van der Waals surface area contributed by atoms with Crippen molar-refractivity contribution >= 4 is 19.8 Å². The third-order valence-electron chi connectivity index (χ3n) is 11.2. The lowest BCUT2D eigenvalue weighted by Gasteiger charge is -2.26. The quantitative estimate of drug-likeness (QED) is 0.0145. The first-order chi connectivity index (χ1) is 30.5. The van der Waals surface area contributed by atoms with E-state index in [1.54, 1.807) is 0 Å². The molecule has 0 bridgehead atoms. The van der Waals surface area contributed by atoms with Gasteiger partial charge < -0.3 is 39.9 Å². The Kier molecular flexibility index (Phi) is 43.0. The molecule has 0 amide bonds. The molecule has 0 saturated carbocycles. The Balaban J connectivity index is 4.57. The highest BCUT2D eigenvalue weighted by atomic mass is 31.2. The first kappa shape index (κ1) is 61.3. The number of phosphoric acid groups is 1. The van der Waals surface area contributed by atoms with Gasteiger partial charge in [-0.3, -0.25) is 18.6 Å². The molecule has 0 heterocycles.